The van der Waals surface area contributed by atoms with Crippen LogP contribution in [0.2, 0.25) is 0 Å². The highest BCUT2D eigenvalue weighted by molar-refractivity contribution is 6.38. The molecule has 2 rings (SSSR count). The number of rotatable bonds is 4. The molecule has 1 atom stereocenters. The maximum atomic E-state index is 12.4. The lowest BCUT2D eigenvalue weighted by molar-refractivity contribution is -0.150. The van der Waals surface area contributed by atoms with Crippen LogP contribution in [0.25, 0.3) is 0 Å². The highest BCUT2D eigenvalue weighted by atomic mass is 16.5. The van der Waals surface area contributed by atoms with Crippen LogP contribution in [0, 0.1) is 5.41 Å². The number of H-pyrrole nitrogens is 1. The van der Waals surface area contributed by atoms with E-state index in [1.165, 1.54) is 6.07 Å². The zero-order valence-electron chi connectivity index (χ0n) is 12.1. The average Bonchev–Trinajstić information content (AvgIpc) is 3.05. The first-order chi connectivity index (χ1) is 9.36. The van der Waals surface area contributed by atoms with Gasteiger partial charge < -0.3 is 9.42 Å². The topological polar surface area (TPSA) is 83.4 Å². The van der Waals surface area contributed by atoms with E-state index in [2.05, 4.69) is 9.68 Å². The van der Waals surface area contributed by atoms with Crippen LogP contribution >= 0.6 is 0 Å². The summed E-state index contributed by atoms with van der Waals surface area (Å²) in [6.07, 6.45) is 2.14. The lowest BCUT2D eigenvalue weighted by Crippen LogP contribution is -2.42. The molecule has 0 radical (unpaired) electrons. The first-order valence-corrected chi connectivity index (χ1v) is 6.90. The van der Waals surface area contributed by atoms with Gasteiger partial charge in [0.15, 0.2) is 0 Å². The molecule has 1 aliphatic rings. The monoisotopic (exact) mass is 280 g/mol. The largest absolute Gasteiger partial charge is 0.357 e. The van der Waals surface area contributed by atoms with Crippen LogP contribution < -0.4 is 5.63 Å². The van der Waals surface area contributed by atoms with E-state index < -0.39 is 16.9 Å². The van der Waals surface area contributed by atoms with Crippen molar-refractivity contribution in [1.29, 1.82) is 0 Å². The van der Waals surface area contributed by atoms with Gasteiger partial charge in [-0.15, -0.1) is 0 Å². The Morgan fingerprint density at radius 1 is 1.50 bits per heavy atom. The Bertz CT molecular complexity index is 570. The predicted molar refractivity (Wildman–Crippen MR) is 72.1 cm³/mol. The van der Waals surface area contributed by atoms with Crippen molar-refractivity contribution in [2.75, 3.05) is 6.54 Å². The summed E-state index contributed by atoms with van der Waals surface area (Å²) in [5.41, 5.74) is -0.573. The second-order valence-electron chi connectivity index (χ2n) is 5.85. The standard InChI is InChI=1S/C14H20N2O4/c1-4-14(2,3)12(18)13(19)16-7-5-6-10(16)9-8-11(17)20-15-9/h8,10,15H,4-7H2,1-3H3. The van der Waals surface area contributed by atoms with Crippen molar-refractivity contribution in [2.24, 2.45) is 5.41 Å². The van der Waals surface area contributed by atoms with E-state index >= 15 is 0 Å². The number of hydrogen-bond acceptors (Lipinski definition) is 4. The Labute approximate surface area is 117 Å². The van der Waals surface area contributed by atoms with Crippen LogP contribution in [-0.4, -0.2) is 28.3 Å². The Kier molecular flexibility index (Phi) is 3.83. The molecular formula is C14H20N2O4. The summed E-state index contributed by atoms with van der Waals surface area (Å²) in [5.74, 6) is -0.848. The van der Waals surface area contributed by atoms with Crippen molar-refractivity contribution in [2.45, 2.75) is 46.1 Å². The molecule has 6 heteroatoms. The molecule has 1 aromatic rings. The SMILES string of the molecule is CCC(C)(C)C(=O)C(=O)N1CCCC1c1cc(=O)o[nH]1. The van der Waals surface area contributed by atoms with E-state index in [9.17, 15) is 14.4 Å². The van der Waals surface area contributed by atoms with Crippen molar-refractivity contribution in [3.05, 3.63) is 22.2 Å². The summed E-state index contributed by atoms with van der Waals surface area (Å²) in [6.45, 7) is 5.97. The van der Waals surface area contributed by atoms with Crippen LogP contribution in [0.5, 0.6) is 0 Å². The first-order valence-electron chi connectivity index (χ1n) is 6.90. The molecule has 1 aromatic heterocycles. The molecule has 1 fully saturated rings. The van der Waals surface area contributed by atoms with E-state index in [0.717, 1.165) is 12.8 Å². The number of likely N-dealkylation sites (tertiary alicyclic amines) is 1. The number of carbonyl (C=O) groups is 2. The average molecular weight is 280 g/mol. The van der Waals surface area contributed by atoms with E-state index in [0.29, 0.717) is 18.7 Å². The van der Waals surface area contributed by atoms with Gasteiger partial charge in [0.25, 0.3) is 5.91 Å². The van der Waals surface area contributed by atoms with Gasteiger partial charge in [-0.2, -0.15) is 0 Å². The zero-order valence-corrected chi connectivity index (χ0v) is 12.1. The van der Waals surface area contributed by atoms with E-state index in [-0.39, 0.29) is 11.8 Å². The molecule has 0 bridgehead atoms. The lowest BCUT2D eigenvalue weighted by atomic mass is 9.84. The maximum Gasteiger partial charge on any atom is 0.357 e. The zero-order chi connectivity index (χ0) is 14.9. The van der Waals surface area contributed by atoms with Gasteiger partial charge in [0.1, 0.15) is 0 Å². The fourth-order valence-electron chi connectivity index (χ4n) is 2.37. The van der Waals surface area contributed by atoms with Gasteiger partial charge in [0.2, 0.25) is 5.78 Å². The predicted octanol–water partition coefficient (Wildman–Crippen LogP) is 1.64. The number of Topliss-reactive ketones (excluding diaryl/α,β-unsaturated/α-hetero) is 1. The van der Waals surface area contributed by atoms with Gasteiger partial charge in [0, 0.05) is 12.0 Å². The quantitative estimate of drug-likeness (QED) is 0.850. The van der Waals surface area contributed by atoms with Gasteiger partial charge in [-0.3, -0.25) is 9.59 Å². The molecule has 1 aliphatic heterocycles. The second-order valence-corrected chi connectivity index (χ2v) is 5.85. The first kappa shape index (κ1) is 14.6. The molecule has 0 saturated carbocycles. The third-order valence-corrected chi connectivity index (χ3v) is 4.11. The third kappa shape index (κ3) is 2.55. The normalized spacial score (nSPS) is 19.4. The summed E-state index contributed by atoms with van der Waals surface area (Å²) in [7, 11) is 0. The maximum absolute atomic E-state index is 12.4. The summed E-state index contributed by atoms with van der Waals surface area (Å²) in [4.78, 5) is 37.3. The van der Waals surface area contributed by atoms with E-state index in [1.807, 2.05) is 6.92 Å². The molecule has 1 N–H and O–H groups in total. The van der Waals surface area contributed by atoms with Gasteiger partial charge >= 0.3 is 5.63 Å². The van der Waals surface area contributed by atoms with Crippen molar-refractivity contribution in [3.63, 3.8) is 0 Å². The van der Waals surface area contributed by atoms with Crippen molar-refractivity contribution in [1.82, 2.24) is 10.1 Å². The molecule has 0 aliphatic carbocycles. The molecule has 1 unspecified atom stereocenters. The fraction of sp³-hybridized carbons (Fsp3) is 0.643. The molecular weight excluding hydrogens is 260 g/mol. The van der Waals surface area contributed by atoms with Crippen LogP contribution in [0.3, 0.4) is 0 Å². The number of ketones is 1. The summed E-state index contributed by atoms with van der Waals surface area (Å²) in [5, 5.41) is 2.53. The van der Waals surface area contributed by atoms with Crippen molar-refractivity contribution in [3.8, 4) is 0 Å². The van der Waals surface area contributed by atoms with Gasteiger partial charge in [-0.05, 0) is 19.3 Å². The summed E-state index contributed by atoms with van der Waals surface area (Å²) in [6, 6.07) is 1.07. The van der Waals surface area contributed by atoms with Crippen LogP contribution in [0.15, 0.2) is 15.4 Å². The number of amides is 1. The minimum Gasteiger partial charge on any atom is -0.339 e. The van der Waals surface area contributed by atoms with Crippen molar-refractivity contribution >= 4 is 11.7 Å². The van der Waals surface area contributed by atoms with Crippen LogP contribution in [0.4, 0.5) is 0 Å². The fourth-order valence-corrected chi connectivity index (χ4v) is 2.37. The number of nitrogens with zero attached hydrogens (tertiary/aromatic N) is 1. The molecule has 0 spiro atoms. The van der Waals surface area contributed by atoms with Gasteiger partial charge in [0.05, 0.1) is 17.8 Å². The molecule has 1 amide bonds. The highest BCUT2D eigenvalue weighted by Gasteiger charge is 2.39. The van der Waals surface area contributed by atoms with Crippen LogP contribution in [-0.2, 0) is 9.59 Å². The lowest BCUT2D eigenvalue weighted by Gasteiger charge is -2.27. The summed E-state index contributed by atoms with van der Waals surface area (Å²) < 4.78 is 4.65. The number of carbonyl (C=O) groups excluding carboxylic acids is 2. The Balaban J connectivity index is 2.21. The van der Waals surface area contributed by atoms with E-state index in [4.69, 9.17) is 0 Å². The Hall–Kier alpha value is -1.85. The molecule has 0 aromatic carbocycles. The van der Waals surface area contributed by atoms with Crippen molar-refractivity contribution < 1.29 is 14.1 Å². The van der Waals surface area contributed by atoms with Crippen LogP contribution in [0.1, 0.15) is 51.8 Å². The molecule has 2 heterocycles. The van der Waals surface area contributed by atoms with Gasteiger partial charge in [-0.1, -0.05) is 20.8 Å². The number of nitrogens with one attached hydrogen (secondary N) is 1. The summed E-state index contributed by atoms with van der Waals surface area (Å²) >= 11 is 0. The van der Waals surface area contributed by atoms with Gasteiger partial charge in [-0.25, -0.2) is 9.95 Å². The minimum atomic E-state index is -0.659. The van der Waals surface area contributed by atoms with E-state index in [1.54, 1.807) is 18.7 Å². The smallest absolute Gasteiger partial charge is 0.339 e. The highest BCUT2D eigenvalue weighted by Crippen LogP contribution is 2.32. The number of aromatic nitrogens is 1. The molecule has 1 saturated heterocycles. The Morgan fingerprint density at radius 3 is 2.75 bits per heavy atom. The Morgan fingerprint density at radius 2 is 2.20 bits per heavy atom. The molecule has 20 heavy (non-hydrogen) atoms. The molecule has 110 valence electrons. The molecule has 6 nitrogen and oxygen atoms in total. The minimum absolute atomic E-state index is 0.273. The number of hydrogen-bond donors (Lipinski definition) is 1. The third-order valence-electron chi connectivity index (χ3n) is 4.11. The second kappa shape index (κ2) is 5.26. The number of aromatic amines is 1.